The molecule has 6 nitrogen and oxygen atoms in total. The van der Waals surface area contributed by atoms with Gasteiger partial charge in [0.1, 0.15) is 6.04 Å². The van der Waals surface area contributed by atoms with Gasteiger partial charge in [0.05, 0.1) is 5.56 Å². The summed E-state index contributed by atoms with van der Waals surface area (Å²) in [4.78, 5) is 15.7. The van der Waals surface area contributed by atoms with Crippen molar-refractivity contribution in [3.8, 4) is 11.4 Å². The number of carbonyl (C=O) groups is 1. The van der Waals surface area contributed by atoms with Crippen LogP contribution in [-0.2, 0) is 17.4 Å². The molecule has 0 unspecified atom stereocenters. The molecule has 0 radical (unpaired) electrons. The van der Waals surface area contributed by atoms with Crippen molar-refractivity contribution in [1.82, 2.24) is 20.2 Å². The van der Waals surface area contributed by atoms with E-state index < -0.39 is 17.8 Å². The molecular weight excluding hydrogens is 371 g/mol. The summed E-state index contributed by atoms with van der Waals surface area (Å²) in [6.45, 7) is 2.21. The van der Waals surface area contributed by atoms with Crippen LogP contribution in [0.4, 0.5) is 18.9 Å². The Balaban J connectivity index is 1.57. The number of hydrogen-bond acceptors (Lipinski definition) is 4. The summed E-state index contributed by atoms with van der Waals surface area (Å²) < 4.78 is 38.7. The average molecular weight is 387 g/mol. The number of carbonyl (C=O) groups excluding carboxylic acids is 1. The number of alkyl halides is 3. The number of anilines is 1. The maximum absolute atomic E-state index is 12.9. The van der Waals surface area contributed by atoms with Crippen molar-refractivity contribution in [2.75, 3.05) is 11.4 Å². The van der Waals surface area contributed by atoms with E-state index in [2.05, 4.69) is 15.4 Å². The number of tetrazole rings is 1. The van der Waals surface area contributed by atoms with E-state index in [-0.39, 0.29) is 17.3 Å². The van der Waals surface area contributed by atoms with E-state index in [0.717, 1.165) is 34.6 Å². The molecule has 0 N–H and O–H groups in total. The molecule has 0 saturated carbocycles. The minimum atomic E-state index is -4.46. The Morgan fingerprint density at radius 3 is 2.71 bits per heavy atom. The molecule has 1 atom stereocenters. The lowest BCUT2D eigenvalue weighted by Crippen LogP contribution is -2.35. The van der Waals surface area contributed by atoms with Crippen LogP contribution in [0.5, 0.6) is 0 Å². The Hall–Kier alpha value is -3.23. The summed E-state index contributed by atoms with van der Waals surface area (Å²) in [5.74, 6) is -0.162. The Bertz CT molecular complexity index is 1030. The van der Waals surface area contributed by atoms with Crippen LogP contribution in [0.25, 0.3) is 11.4 Å². The topological polar surface area (TPSA) is 63.9 Å². The standard InChI is InChI=1S/C19H16F3N5O/c1-12(18(28)26-10-9-13-5-2-3-8-16(13)26)27-24-17(23-25-27)14-6-4-7-15(11-14)19(20,21)22/h2-8,11-12H,9-10H2,1H3/t12-/m0/s1. The average Bonchev–Trinajstić information content (AvgIpc) is 3.34. The number of aromatic nitrogens is 4. The minimum Gasteiger partial charge on any atom is -0.310 e. The summed E-state index contributed by atoms with van der Waals surface area (Å²) in [5, 5.41) is 11.8. The molecule has 9 heteroatoms. The zero-order chi connectivity index (χ0) is 19.9. The van der Waals surface area contributed by atoms with Gasteiger partial charge in [-0.1, -0.05) is 30.3 Å². The third kappa shape index (κ3) is 3.23. The molecule has 3 aromatic rings. The molecule has 2 heterocycles. The van der Waals surface area contributed by atoms with Crippen LogP contribution in [0.1, 0.15) is 24.1 Å². The lowest BCUT2D eigenvalue weighted by atomic mass is 10.1. The second-order valence-corrected chi connectivity index (χ2v) is 6.56. The van der Waals surface area contributed by atoms with E-state index in [1.54, 1.807) is 11.8 Å². The van der Waals surface area contributed by atoms with Gasteiger partial charge >= 0.3 is 6.18 Å². The van der Waals surface area contributed by atoms with Crippen molar-refractivity contribution >= 4 is 11.6 Å². The molecule has 0 bridgehead atoms. The smallest absolute Gasteiger partial charge is 0.310 e. The van der Waals surface area contributed by atoms with Crippen molar-refractivity contribution in [2.45, 2.75) is 25.6 Å². The minimum absolute atomic E-state index is 0.0348. The molecular formula is C19H16F3N5O. The lowest BCUT2D eigenvalue weighted by Gasteiger charge is -2.20. The van der Waals surface area contributed by atoms with Crippen molar-refractivity contribution in [2.24, 2.45) is 0 Å². The number of rotatable bonds is 3. The molecule has 4 rings (SSSR count). The first kappa shape index (κ1) is 18.1. The highest BCUT2D eigenvalue weighted by Gasteiger charge is 2.32. The second kappa shape index (κ2) is 6.74. The molecule has 1 amide bonds. The number of amides is 1. The van der Waals surface area contributed by atoms with E-state index in [9.17, 15) is 18.0 Å². The predicted octanol–water partition coefficient (Wildman–Crippen LogP) is 3.51. The highest BCUT2D eigenvalue weighted by atomic mass is 19.4. The maximum atomic E-state index is 12.9. The highest BCUT2D eigenvalue weighted by molar-refractivity contribution is 5.97. The molecule has 0 saturated heterocycles. The number of para-hydroxylation sites is 1. The fraction of sp³-hybridized carbons (Fsp3) is 0.263. The van der Waals surface area contributed by atoms with Crippen LogP contribution >= 0.6 is 0 Å². The molecule has 0 spiro atoms. The molecule has 144 valence electrons. The van der Waals surface area contributed by atoms with Gasteiger partial charge in [0.15, 0.2) is 0 Å². The second-order valence-electron chi connectivity index (χ2n) is 6.56. The third-order valence-electron chi connectivity index (χ3n) is 4.73. The zero-order valence-corrected chi connectivity index (χ0v) is 14.9. The van der Waals surface area contributed by atoms with Gasteiger partial charge in [-0.2, -0.15) is 18.0 Å². The first-order valence-corrected chi connectivity index (χ1v) is 8.71. The van der Waals surface area contributed by atoms with Gasteiger partial charge in [-0.3, -0.25) is 4.79 Å². The Kier molecular flexibility index (Phi) is 4.37. The van der Waals surface area contributed by atoms with Crippen molar-refractivity contribution in [3.05, 3.63) is 59.7 Å². The van der Waals surface area contributed by atoms with Crippen LogP contribution in [0.15, 0.2) is 48.5 Å². The van der Waals surface area contributed by atoms with Gasteiger partial charge in [0.2, 0.25) is 5.82 Å². The van der Waals surface area contributed by atoms with E-state index >= 15 is 0 Å². The van der Waals surface area contributed by atoms with E-state index in [4.69, 9.17) is 0 Å². The molecule has 1 aromatic heterocycles. The highest BCUT2D eigenvalue weighted by Crippen LogP contribution is 2.32. The first-order chi connectivity index (χ1) is 13.3. The lowest BCUT2D eigenvalue weighted by molar-refractivity contribution is -0.137. The number of fused-ring (bicyclic) bond motifs is 1. The summed E-state index contributed by atoms with van der Waals surface area (Å²) in [7, 11) is 0. The largest absolute Gasteiger partial charge is 0.416 e. The number of hydrogen-bond donors (Lipinski definition) is 0. The fourth-order valence-corrected chi connectivity index (χ4v) is 3.23. The van der Waals surface area contributed by atoms with Crippen molar-refractivity contribution in [3.63, 3.8) is 0 Å². The van der Waals surface area contributed by atoms with Gasteiger partial charge in [-0.05, 0) is 42.3 Å². The van der Waals surface area contributed by atoms with E-state index in [0.29, 0.717) is 6.54 Å². The molecule has 28 heavy (non-hydrogen) atoms. The molecule has 0 aliphatic carbocycles. The number of halogens is 3. The first-order valence-electron chi connectivity index (χ1n) is 8.71. The summed E-state index contributed by atoms with van der Waals surface area (Å²) in [6.07, 6.45) is -3.69. The van der Waals surface area contributed by atoms with Crippen LogP contribution < -0.4 is 4.90 Å². The molecule has 0 fully saturated rings. The van der Waals surface area contributed by atoms with Gasteiger partial charge in [0.25, 0.3) is 5.91 Å². The Labute approximate surface area is 158 Å². The van der Waals surface area contributed by atoms with Crippen LogP contribution in [0.3, 0.4) is 0 Å². The Morgan fingerprint density at radius 1 is 1.14 bits per heavy atom. The fourth-order valence-electron chi connectivity index (χ4n) is 3.23. The van der Waals surface area contributed by atoms with Crippen LogP contribution in [0, 0.1) is 0 Å². The molecule has 1 aliphatic heterocycles. The van der Waals surface area contributed by atoms with Crippen LogP contribution in [-0.4, -0.2) is 32.7 Å². The van der Waals surface area contributed by atoms with Crippen molar-refractivity contribution < 1.29 is 18.0 Å². The number of benzene rings is 2. The van der Waals surface area contributed by atoms with E-state index in [1.807, 2.05) is 24.3 Å². The monoisotopic (exact) mass is 387 g/mol. The van der Waals surface area contributed by atoms with Crippen LogP contribution in [0.2, 0.25) is 0 Å². The van der Waals surface area contributed by atoms with Crippen molar-refractivity contribution in [1.29, 1.82) is 0 Å². The summed E-state index contributed by atoms with van der Waals surface area (Å²) in [5.41, 5.74) is 1.35. The van der Waals surface area contributed by atoms with Gasteiger partial charge in [-0.15, -0.1) is 10.2 Å². The molecule has 1 aliphatic rings. The SMILES string of the molecule is C[C@@H](C(=O)N1CCc2ccccc21)n1nnc(-c2cccc(C(F)(F)F)c2)n1. The number of nitrogens with zero attached hydrogens (tertiary/aromatic N) is 5. The van der Waals surface area contributed by atoms with E-state index in [1.165, 1.54) is 12.1 Å². The zero-order valence-electron chi connectivity index (χ0n) is 14.9. The summed E-state index contributed by atoms with van der Waals surface area (Å²) in [6, 6.07) is 11.6. The quantitative estimate of drug-likeness (QED) is 0.690. The predicted molar refractivity (Wildman–Crippen MR) is 95.5 cm³/mol. The summed E-state index contributed by atoms with van der Waals surface area (Å²) >= 11 is 0. The maximum Gasteiger partial charge on any atom is 0.416 e. The normalized spacial score (nSPS) is 14.8. The van der Waals surface area contributed by atoms with Gasteiger partial charge < -0.3 is 4.90 Å². The van der Waals surface area contributed by atoms with Gasteiger partial charge in [-0.25, -0.2) is 0 Å². The Morgan fingerprint density at radius 2 is 1.93 bits per heavy atom. The van der Waals surface area contributed by atoms with Gasteiger partial charge in [0, 0.05) is 17.8 Å². The third-order valence-corrected chi connectivity index (χ3v) is 4.73. The molecule has 2 aromatic carbocycles.